The molecule has 0 fully saturated rings. The highest BCUT2D eigenvalue weighted by atomic mass is 15.1. The fourth-order valence-electron chi connectivity index (χ4n) is 13.8. The molecule has 15 aromatic rings. The quantitative estimate of drug-likeness (QED) is 0.125. The van der Waals surface area contributed by atoms with Crippen LogP contribution >= 0.6 is 0 Å². The maximum atomic E-state index is 2.42. The molecule has 1 aromatic heterocycles. The zero-order chi connectivity index (χ0) is 56.3. The summed E-state index contributed by atoms with van der Waals surface area (Å²) in [5.74, 6) is 0. The van der Waals surface area contributed by atoms with E-state index in [4.69, 9.17) is 0 Å². The summed E-state index contributed by atoms with van der Waals surface area (Å²) >= 11 is 0. The van der Waals surface area contributed by atoms with Crippen molar-refractivity contribution in [3.8, 4) is 72.4 Å². The van der Waals surface area contributed by atoms with Gasteiger partial charge >= 0.3 is 0 Å². The normalized spacial score (nSPS) is 12.3. The summed E-state index contributed by atoms with van der Waals surface area (Å²) in [6, 6.07) is 125. The Bertz CT molecular complexity index is 4870. The maximum absolute atomic E-state index is 2.42. The predicted octanol–water partition coefficient (Wildman–Crippen LogP) is 22.1. The number of fused-ring (bicyclic) bond motifs is 7. The second kappa shape index (κ2) is 20.7. The Morgan fingerprint density at radius 1 is 0.247 bits per heavy atom. The van der Waals surface area contributed by atoms with Crippen molar-refractivity contribution in [3.63, 3.8) is 0 Å². The fourth-order valence-corrected chi connectivity index (χ4v) is 13.8. The van der Waals surface area contributed by atoms with Gasteiger partial charge in [0.25, 0.3) is 0 Å². The van der Waals surface area contributed by atoms with Crippen LogP contribution in [0.2, 0.25) is 0 Å². The summed E-state index contributed by atoms with van der Waals surface area (Å²) in [7, 11) is 0. The first-order valence-corrected chi connectivity index (χ1v) is 29.4. The lowest BCUT2D eigenvalue weighted by Crippen LogP contribution is -2.28. The third kappa shape index (κ3) is 8.41. The highest BCUT2D eigenvalue weighted by Gasteiger charge is 2.46. The van der Waals surface area contributed by atoms with Gasteiger partial charge in [-0.15, -0.1) is 0 Å². The molecular weight excluding hydrogens is 1020 g/mol. The topological polar surface area (TPSA) is 8.17 Å². The lowest BCUT2D eigenvalue weighted by molar-refractivity contribution is 0.768. The molecule has 398 valence electrons. The summed E-state index contributed by atoms with van der Waals surface area (Å²) in [5, 5.41) is 5.01. The number of para-hydroxylation sites is 3. The molecule has 0 saturated heterocycles. The molecule has 0 amide bonds. The molecule has 0 aliphatic heterocycles. The third-order valence-corrected chi connectivity index (χ3v) is 17.7. The molecule has 2 heteroatoms. The van der Waals surface area contributed by atoms with Crippen molar-refractivity contribution in [3.05, 3.63) is 362 Å². The highest BCUT2D eigenvalue weighted by Crippen LogP contribution is 2.58. The lowest BCUT2D eigenvalue weighted by atomic mass is 9.67. The van der Waals surface area contributed by atoms with Gasteiger partial charge in [0.15, 0.2) is 0 Å². The Morgan fingerprint density at radius 2 is 0.659 bits per heavy atom. The first-order valence-electron chi connectivity index (χ1n) is 29.4. The van der Waals surface area contributed by atoms with Crippen LogP contribution in [-0.4, -0.2) is 4.57 Å². The average molecular weight is 1080 g/mol. The Hall–Kier alpha value is -11.1. The fraction of sp³-hybridized carbons (Fsp3) is 0.0120. The summed E-state index contributed by atoms with van der Waals surface area (Å²) < 4.78 is 2.42. The van der Waals surface area contributed by atoms with E-state index in [1.165, 1.54) is 116 Å². The van der Waals surface area contributed by atoms with E-state index in [0.29, 0.717) is 0 Å². The first kappa shape index (κ1) is 49.7. The molecule has 0 atom stereocenters. The number of benzene rings is 14. The average Bonchev–Trinajstić information content (AvgIpc) is 1.93. The van der Waals surface area contributed by atoms with Crippen molar-refractivity contribution in [1.82, 2.24) is 4.57 Å². The van der Waals surface area contributed by atoms with Crippen molar-refractivity contribution in [2.24, 2.45) is 0 Å². The van der Waals surface area contributed by atoms with Gasteiger partial charge in [-0.25, -0.2) is 0 Å². The van der Waals surface area contributed by atoms with E-state index >= 15 is 0 Å². The van der Waals surface area contributed by atoms with Crippen LogP contribution in [0.4, 0.5) is 17.1 Å². The molecule has 0 radical (unpaired) electrons. The standard InChI is InChI=1S/C83H56N2/c1-3-23-67(24-4-1)83(68-25-5-2-6-26-68)77-32-13-9-30-76(77)82-73(31-18-33-78(82)83)62-47-53-71(54-48-62)84(70-51-45-60(46-52-70)64-21-17-22-65(55-64)66-42-39-57-19-7-8-20-63(57)56-66)69-49-43-59(44-50-69)58-37-40-61(41-38-58)72-27-10-14-34-79(72)85-80-35-15-11-28-74(80)75-29-12-16-36-81(75)85/h1-56H. The molecule has 0 spiro atoms. The molecule has 0 unspecified atom stereocenters. The van der Waals surface area contributed by atoms with Crippen molar-refractivity contribution in [1.29, 1.82) is 0 Å². The minimum atomic E-state index is -0.473. The van der Waals surface area contributed by atoms with Crippen LogP contribution in [0.5, 0.6) is 0 Å². The second-order valence-electron chi connectivity index (χ2n) is 22.3. The molecule has 1 heterocycles. The SMILES string of the molecule is c1ccc(C2(c3ccccc3)c3ccccc3-c3c(-c4ccc(N(c5ccc(-c6ccc(-c7ccccc7-n7c8ccccc8c8ccccc87)cc6)cc5)c5ccc(-c6cccc(-c7ccc8ccccc8c7)c6)cc5)cc4)cccc32)cc1. The predicted molar refractivity (Wildman–Crippen MR) is 357 cm³/mol. The van der Waals surface area contributed by atoms with Gasteiger partial charge in [-0.2, -0.15) is 0 Å². The number of rotatable bonds is 11. The van der Waals surface area contributed by atoms with Gasteiger partial charge in [-0.1, -0.05) is 273 Å². The Balaban J connectivity index is 0.763. The van der Waals surface area contributed by atoms with Crippen LogP contribution in [0.1, 0.15) is 22.3 Å². The lowest BCUT2D eigenvalue weighted by Gasteiger charge is -2.34. The highest BCUT2D eigenvalue weighted by molar-refractivity contribution is 6.10. The van der Waals surface area contributed by atoms with E-state index < -0.39 is 5.41 Å². The van der Waals surface area contributed by atoms with Gasteiger partial charge in [-0.3, -0.25) is 0 Å². The van der Waals surface area contributed by atoms with Gasteiger partial charge < -0.3 is 9.47 Å². The molecule has 0 N–H and O–H groups in total. The summed E-state index contributed by atoms with van der Waals surface area (Å²) in [6.45, 7) is 0. The molecule has 14 aromatic carbocycles. The summed E-state index contributed by atoms with van der Waals surface area (Å²) in [6.07, 6.45) is 0. The van der Waals surface area contributed by atoms with Crippen LogP contribution in [0, 0.1) is 0 Å². The molecule has 1 aliphatic carbocycles. The van der Waals surface area contributed by atoms with E-state index in [1.807, 2.05) is 0 Å². The molecule has 1 aliphatic rings. The number of hydrogen-bond acceptors (Lipinski definition) is 1. The van der Waals surface area contributed by atoms with E-state index in [0.717, 1.165) is 28.2 Å². The molecule has 2 nitrogen and oxygen atoms in total. The Morgan fingerprint density at radius 3 is 1.29 bits per heavy atom. The van der Waals surface area contributed by atoms with Crippen LogP contribution in [0.25, 0.3) is 105 Å². The number of anilines is 3. The second-order valence-corrected chi connectivity index (χ2v) is 22.3. The van der Waals surface area contributed by atoms with Gasteiger partial charge in [0.2, 0.25) is 0 Å². The maximum Gasteiger partial charge on any atom is 0.0713 e. The summed E-state index contributed by atoms with van der Waals surface area (Å²) in [4.78, 5) is 2.39. The van der Waals surface area contributed by atoms with Crippen LogP contribution in [0.15, 0.2) is 340 Å². The van der Waals surface area contributed by atoms with Gasteiger partial charge in [0.05, 0.1) is 22.1 Å². The molecule has 0 bridgehead atoms. The van der Waals surface area contributed by atoms with E-state index in [-0.39, 0.29) is 0 Å². The molecule has 85 heavy (non-hydrogen) atoms. The first-order chi connectivity index (χ1) is 42.2. The number of hydrogen-bond donors (Lipinski definition) is 0. The van der Waals surface area contributed by atoms with Gasteiger partial charge in [0, 0.05) is 33.4 Å². The van der Waals surface area contributed by atoms with E-state index in [1.54, 1.807) is 0 Å². The summed E-state index contributed by atoms with van der Waals surface area (Å²) in [5.41, 5.74) is 25.8. The van der Waals surface area contributed by atoms with Crippen molar-refractivity contribution in [2.75, 3.05) is 4.90 Å². The zero-order valence-corrected chi connectivity index (χ0v) is 46.7. The van der Waals surface area contributed by atoms with Crippen molar-refractivity contribution in [2.45, 2.75) is 5.41 Å². The van der Waals surface area contributed by atoms with Gasteiger partial charge in [0.1, 0.15) is 0 Å². The van der Waals surface area contributed by atoms with E-state index in [9.17, 15) is 0 Å². The largest absolute Gasteiger partial charge is 0.311 e. The van der Waals surface area contributed by atoms with Crippen molar-refractivity contribution < 1.29 is 0 Å². The number of nitrogens with zero attached hydrogens (tertiary/aromatic N) is 2. The molecule has 16 rings (SSSR count). The van der Waals surface area contributed by atoms with Gasteiger partial charge in [-0.05, 0) is 161 Å². The van der Waals surface area contributed by atoms with Crippen LogP contribution < -0.4 is 4.90 Å². The minimum absolute atomic E-state index is 0.473. The smallest absolute Gasteiger partial charge is 0.0713 e. The van der Waals surface area contributed by atoms with E-state index in [2.05, 4.69) is 349 Å². The number of aromatic nitrogens is 1. The van der Waals surface area contributed by atoms with Crippen molar-refractivity contribution >= 4 is 49.6 Å². The van der Waals surface area contributed by atoms with Crippen LogP contribution in [0.3, 0.4) is 0 Å². The minimum Gasteiger partial charge on any atom is -0.311 e. The third-order valence-electron chi connectivity index (χ3n) is 17.7. The zero-order valence-electron chi connectivity index (χ0n) is 46.7. The van der Waals surface area contributed by atoms with Crippen LogP contribution in [-0.2, 0) is 5.41 Å². The Kier molecular flexibility index (Phi) is 12.1. The Labute approximate surface area is 496 Å². The molecular formula is C83H56N2. The molecule has 0 saturated carbocycles. The monoisotopic (exact) mass is 1080 g/mol.